The zero-order valence-corrected chi connectivity index (χ0v) is 11.6. The van der Waals surface area contributed by atoms with Gasteiger partial charge in [0.1, 0.15) is 17.2 Å². The first kappa shape index (κ1) is 14.0. The van der Waals surface area contributed by atoms with E-state index in [0.717, 1.165) is 5.56 Å². The molecule has 3 N–H and O–H groups in total. The van der Waals surface area contributed by atoms with Crippen LogP contribution in [-0.4, -0.2) is 15.2 Å². The van der Waals surface area contributed by atoms with Gasteiger partial charge in [-0.15, -0.1) is 5.11 Å². The number of nitrogens with one attached hydrogen (secondary N) is 1. The fourth-order valence-corrected chi connectivity index (χ4v) is 1.98. The highest BCUT2D eigenvalue weighted by molar-refractivity contribution is 5.73. The van der Waals surface area contributed by atoms with E-state index in [0.29, 0.717) is 22.8 Å². The molecule has 0 saturated carbocycles. The number of hydrogen-bond donors (Lipinski definition) is 2. The van der Waals surface area contributed by atoms with Crippen LogP contribution in [0.25, 0.3) is 11.3 Å². The molecule has 0 aliphatic carbocycles. The van der Waals surface area contributed by atoms with Crippen molar-refractivity contribution in [2.75, 3.05) is 0 Å². The number of rotatable bonds is 4. The number of H-pyrrole nitrogens is 1. The van der Waals surface area contributed by atoms with Crippen LogP contribution < -0.4 is 5.73 Å². The summed E-state index contributed by atoms with van der Waals surface area (Å²) in [6.45, 7) is 0.246. The van der Waals surface area contributed by atoms with Gasteiger partial charge >= 0.3 is 0 Å². The molecule has 110 valence electrons. The first-order chi connectivity index (χ1) is 10.8. The van der Waals surface area contributed by atoms with Crippen LogP contribution in [0.3, 0.4) is 0 Å². The number of pyridine rings is 1. The third-order valence-electron chi connectivity index (χ3n) is 3.04. The number of azo groups is 1. The van der Waals surface area contributed by atoms with Gasteiger partial charge < -0.3 is 5.73 Å². The van der Waals surface area contributed by atoms with Crippen LogP contribution in [0.4, 0.5) is 15.8 Å². The summed E-state index contributed by atoms with van der Waals surface area (Å²) in [6.07, 6.45) is 3.33. The molecule has 3 aromatic rings. The van der Waals surface area contributed by atoms with Crippen molar-refractivity contribution >= 4 is 11.4 Å². The fraction of sp³-hybridized carbons (Fsp3) is 0.0667. The van der Waals surface area contributed by atoms with Gasteiger partial charge in [0.25, 0.3) is 0 Å². The third kappa shape index (κ3) is 2.89. The van der Waals surface area contributed by atoms with E-state index in [1.165, 1.54) is 12.1 Å². The lowest BCUT2D eigenvalue weighted by Crippen LogP contribution is -1.96. The second-order valence-electron chi connectivity index (χ2n) is 4.52. The smallest absolute Gasteiger partial charge is 0.136 e. The molecule has 2 heterocycles. The Labute approximate surface area is 125 Å². The second kappa shape index (κ2) is 6.23. The Kier molecular flexibility index (Phi) is 3.97. The Morgan fingerprint density at radius 3 is 2.68 bits per heavy atom. The molecule has 6 nitrogen and oxygen atoms in total. The first-order valence-electron chi connectivity index (χ1n) is 6.63. The van der Waals surface area contributed by atoms with Gasteiger partial charge in [-0.3, -0.25) is 10.1 Å². The van der Waals surface area contributed by atoms with E-state index in [1.807, 2.05) is 12.1 Å². The van der Waals surface area contributed by atoms with Crippen LogP contribution in [0.15, 0.2) is 59.0 Å². The molecule has 0 aliphatic rings. The van der Waals surface area contributed by atoms with Gasteiger partial charge in [-0.25, -0.2) is 4.39 Å². The predicted molar refractivity (Wildman–Crippen MR) is 80.3 cm³/mol. The maximum Gasteiger partial charge on any atom is 0.136 e. The monoisotopic (exact) mass is 296 g/mol. The molecule has 0 fully saturated rings. The van der Waals surface area contributed by atoms with Crippen LogP contribution in [0.1, 0.15) is 5.69 Å². The summed E-state index contributed by atoms with van der Waals surface area (Å²) in [4.78, 5) is 3.97. The maximum absolute atomic E-state index is 13.2. The van der Waals surface area contributed by atoms with Crippen LogP contribution in [0, 0.1) is 5.82 Å². The van der Waals surface area contributed by atoms with E-state index in [9.17, 15) is 4.39 Å². The Morgan fingerprint density at radius 1 is 1.14 bits per heavy atom. The number of aromatic amines is 1. The standard InChI is InChI=1S/C15H13FN6/c16-11-2-1-3-12(8-11)19-22-15-13(9-17)20-21-14(15)10-4-6-18-7-5-10/h1-8H,9,17H2,(H,20,21). The van der Waals surface area contributed by atoms with Gasteiger partial charge in [0.05, 0.1) is 11.4 Å². The summed E-state index contributed by atoms with van der Waals surface area (Å²) in [5.74, 6) is -0.364. The van der Waals surface area contributed by atoms with Crippen molar-refractivity contribution in [2.45, 2.75) is 6.54 Å². The summed E-state index contributed by atoms with van der Waals surface area (Å²) in [5, 5.41) is 15.3. The summed E-state index contributed by atoms with van der Waals surface area (Å²) in [6, 6.07) is 9.53. The lowest BCUT2D eigenvalue weighted by atomic mass is 10.1. The summed E-state index contributed by atoms with van der Waals surface area (Å²) < 4.78 is 13.2. The lowest BCUT2D eigenvalue weighted by molar-refractivity contribution is 0.628. The minimum Gasteiger partial charge on any atom is -0.325 e. The normalized spacial score (nSPS) is 11.2. The molecular weight excluding hydrogens is 283 g/mol. The van der Waals surface area contributed by atoms with Gasteiger partial charge in [-0.2, -0.15) is 10.2 Å². The second-order valence-corrected chi connectivity index (χ2v) is 4.52. The van der Waals surface area contributed by atoms with Crippen molar-refractivity contribution < 1.29 is 4.39 Å². The average molecular weight is 296 g/mol. The zero-order chi connectivity index (χ0) is 15.4. The quantitative estimate of drug-likeness (QED) is 0.722. The minimum absolute atomic E-state index is 0.246. The molecule has 2 aromatic heterocycles. The summed E-state index contributed by atoms with van der Waals surface area (Å²) in [7, 11) is 0. The average Bonchev–Trinajstić information content (AvgIpc) is 2.97. The van der Waals surface area contributed by atoms with Crippen molar-refractivity contribution in [1.82, 2.24) is 15.2 Å². The van der Waals surface area contributed by atoms with Gasteiger partial charge in [-0.1, -0.05) is 6.07 Å². The highest BCUT2D eigenvalue weighted by atomic mass is 19.1. The summed E-state index contributed by atoms with van der Waals surface area (Å²) >= 11 is 0. The molecule has 1 aromatic carbocycles. The van der Waals surface area contributed by atoms with Crippen molar-refractivity contribution in [3.05, 3.63) is 60.3 Å². The largest absolute Gasteiger partial charge is 0.325 e. The van der Waals surface area contributed by atoms with E-state index in [-0.39, 0.29) is 12.4 Å². The van der Waals surface area contributed by atoms with Crippen LogP contribution >= 0.6 is 0 Å². The SMILES string of the molecule is NCc1[nH]nc(-c2ccncc2)c1N=Nc1cccc(F)c1. The van der Waals surface area contributed by atoms with Gasteiger partial charge in [-0.05, 0) is 24.3 Å². The molecular formula is C15H13FN6. The molecule has 0 aliphatic heterocycles. The number of benzene rings is 1. The number of nitrogens with zero attached hydrogens (tertiary/aromatic N) is 4. The number of nitrogens with two attached hydrogens (primary N) is 1. The predicted octanol–water partition coefficient (Wildman–Crippen LogP) is 3.48. The highest BCUT2D eigenvalue weighted by Crippen LogP contribution is 2.32. The topological polar surface area (TPSA) is 92.3 Å². The Hall–Kier alpha value is -2.93. The van der Waals surface area contributed by atoms with Crippen LogP contribution in [0.2, 0.25) is 0 Å². The highest BCUT2D eigenvalue weighted by Gasteiger charge is 2.13. The van der Waals surface area contributed by atoms with Crippen molar-refractivity contribution in [3.8, 4) is 11.3 Å². The maximum atomic E-state index is 13.2. The van der Waals surface area contributed by atoms with Gasteiger partial charge in [0.2, 0.25) is 0 Å². The molecule has 0 radical (unpaired) electrons. The number of hydrogen-bond acceptors (Lipinski definition) is 5. The van der Waals surface area contributed by atoms with E-state index in [2.05, 4.69) is 25.4 Å². The first-order valence-corrected chi connectivity index (χ1v) is 6.63. The molecule has 0 atom stereocenters. The Balaban J connectivity index is 2.01. The van der Waals surface area contributed by atoms with Crippen molar-refractivity contribution in [1.29, 1.82) is 0 Å². The van der Waals surface area contributed by atoms with Crippen molar-refractivity contribution in [2.24, 2.45) is 16.0 Å². The van der Waals surface area contributed by atoms with Crippen LogP contribution in [-0.2, 0) is 6.54 Å². The van der Waals surface area contributed by atoms with E-state index in [4.69, 9.17) is 5.73 Å². The Bertz CT molecular complexity index is 797. The molecule has 0 unspecified atom stereocenters. The van der Waals surface area contributed by atoms with Crippen molar-refractivity contribution in [3.63, 3.8) is 0 Å². The van der Waals surface area contributed by atoms with Gasteiger partial charge in [0.15, 0.2) is 0 Å². The molecule has 22 heavy (non-hydrogen) atoms. The molecule has 0 saturated heterocycles. The zero-order valence-electron chi connectivity index (χ0n) is 11.6. The number of halogens is 1. The molecule has 0 spiro atoms. The minimum atomic E-state index is -0.364. The van der Waals surface area contributed by atoms with Crippen LogP contribution in [0.5, 0.6) is 0 Å². The molecule has 3 rings (SSSR count). The summed E-state index contributed by atoms with van der Waals surface area (Å²) in [5.41, 5.74) is 8.78. The molecule has 0 bridgehead atoms. The fourth-order valence-electron chi connectivity index (χ4n) is 1.98. The molecule has 0 amide bonds. The lowest BCUT2D eigenvalue weighted by Gasteiger charge is -1.99. The van der Waals surface area contributed by atoms with E-state index in [1.54, 1.807) is 24.5 Å². The van der Waals surface area contributed by atoms with Gasteiger partial charge in [0, 0.05) is 30.6 Å². The van der Waals surface area contributed by atoms with E-state index < -0.39 is 0 Å². The third-order valence-corrected chi connectivity index (χ3v) is 3.04. The molecule has 7 heteroatoms. The number of aromatic nitrogens is 3. The Morgan fingerprint density at radius 2 is 1.95 bits per heavy atom. The van der Waals surface area contributed by atoms with E-state index >= 15 is 0 Å².